The molecule has 40 heavy (non-hydrogen) atoms. The smallest absolute Gasteiger partial charge is 0.367 e. The number of carboxylic acids is 1. The Kier molecular flexibility index (Phi) is 6.90. The molecule has 5 rings (SSSR count). The summed E-state index contributed by atoms with van der Waals surface area (Å²) in [4.78, 5) is 47.5. The van der Waals surface area contributed by atoms with Crippen molar-refractivity contribution in [2.24, 2.45) is 5.92 Å². The van der Waals surface area contributed by atoms with Crippen LogP contribution in [0.5, 0.6) is 0 Å². The molecule has 0 aromatic carbocycles. The van der Waals surface area contributed by atoms with Crippen LogP contribution in [0.2, 0.25) is 0 Å². The van der Waals surface area contributed by atoms with E-state index in [1.807, 2.05) is 0 Å². The third-order valence-corrected chi connectivity index (χ3v) is 9.15. The molecular formula is C23H27N6O10P. The number of hydrogen-bond donors (Lipinski definition) is 7. The fourth-order valence-electron chi connectivity index (χ4n) is 5.26. The number of carboxylic acid groups (broad SMARTS) is 1. The van der Waals surface area contributed by atoms with E-state index in [1.165, 1.54) is 12.2 Å². The number of nitrogens with one attached hydrogen (secondary N) is 2. The lowest BCUT2D eigenvalue weighted by Crippen LogP contribution is -2.64. The number of carbonyl (C=O) groups is 2. The number of nitrogens with zero attached hydrogens (tertiary/aromatic N) is 4. The first-order valence-electron chi connectivity index (χ1n) is 12.1. The molecule has 7 atom stereocenters. The van der Waals surface area contributed by atoms with Crippen molar-refractivity contribution in [3.8, 4) is 0 Å². The molecule has 2 saturated heterocycles. The van der Waals surface area contributed by atoms with Gasteiger partial charge in [0.2, 0.25) is 5.34 Å². The molecule has 7 N–H and O–H groups in total. The van der Waals surface area contributed by atoms with Crippen molar-refractivity contribution in [3.63, 3.8) is 0 Å². The summed E-state index contributed by atoms with van der Waals surface area (Å²) in [6.45, 7) is 4.93. The lowest BCUT2D eigenvalue weighted by molar-refractivity contribution is -0.164. The zero-order valence-electron chi connectivity index (χ0n) is 21.0. The molecule has 2 aliphatic heterocycles. The van der Waals surface area contributed by atoms with Crippen molar-refractivity contribution in [1.29, 1.82) is 0 Å². The van der Waals surface area contributed by atoms with Crippen LogP contribution in [0.25, 0.3) is 11.2 Å². The Morgan fingerprint density at radius 2 is 2.05 bits per heavy atom. The highest BCUT2D eigenvalue weighted by Gasteiger charge is 2.79. The van der Waals surface area contributed by atoms with Crippen molar-refractivity contribution < 1.29 is 48.7 Å². The van der Waals surface area contributed by atoms with Crippen LogP contribution >= 0.6 is 7.60 Å². The maximum absolute atomic E-state index is 13.8. The quantitative estimate of drug-likeness (QED) is 0.232. The van der Waals surface area contributed by atoms with Crippen molar-refractivity contribution >= 4 is 36.6 Å². The summed E-state index contributed by atoms with van der Waals surface area (Å²) in [6.07, 6.45) is 0.779. The molecular weight excluding hydrogens is 551 g/mol. The zero-order valence-corrected chi connectivity index (χ0v) is 21.9. The van der Waals surface area contributed by atoms with E-state index in [-0.39, 0.29) is 34.5 Å². The first-order chi connectivity index (χ1) is 18.9. The number of imidazole rings is 1. The highest BCUT2D eigenvalue weighted by molar-refractivity contribution is 7.54. The second-order valence-electron chi connectivity index (χ2n) is 9.50. The molecule has 0 spiro atoms. The summed E-state index contributed by atoms with van der Waals surface area (Å²) in [7, 11) is -5.45. The van der Waals surface area contributed by atoms with Gasteiger partial charge in [-0.15, -0.1) is 0 Å². The van der Waals surface area contributed by atoms with E-state index in [0.29, 0.717) is 6.54 Å². The number of anilines is 1. The van der Waals surface area contributed by atoms with Crippen LogP contribution in [0.4, 0.5) is 10.6 Å². The highest BCUT2D eigenvalue weighted by atomic mass is 31.2. The maximum Gasteiger partial charge on any atom is 0.367 e. The molecule has 2 fully saturated rings. The normalized spacial score (nSPS) is 35.6. The number of aliphatic carboxylic acids is 1. The van der Waals surface area contributed by atoms with Crippen LogP contribution in [0, 0.1) is 5.92 Å². The molecule has 4 heterocycles. The molecule has 0 radical (unpaired) electrons. The minimum atomic E-state index is -5.45. The van der Waals surface area contributed by atoms with Gasteiger partial charge in [-0.3, -0.25) is 19.2 Å². The predicted molar refractivity (Wildman–Crippen MR) is 136 cm³/mol. The number of amides is 2. The summed E-state index contributed by atoms with van der Waals surface area (Å²) in [5, 5.41) is 47.2. The Labute approximate surface area is 226 Å². The number of aliphatic hydroxyl groups excluding tert-OH is 1. The monoisotopic (exact) mass is 578 g/mol. The second kappa shape index (κ2) is 9.85. The first-order valence-corrected chi connectivity index (χ1v) is 13.7. The van der Waals surface area contributed by atoms with Crippen LogP contribution in [0.15, 0.2) is 48.6 Å². The fourth-order valence-corrected chi connectivity index (χ4v) is 6.96. The third kappa shape index (κ3) is 3.91. The second-order valence-corrected chi connectivity index (χ2v) is 11.5. The third-order valence-electron chi connectivity index (χ3n) is 7.23. The summed E-state index contributed by atoms with van der Waals surface area (Å²) < 4.78 is 25.9. The Bertz CT molecular complexity index is 1510. The van der Waals surface area contributed by atoms with Gasteiger partial charge in [0.25, 0.3) is 0 Å². The fraction of sp³-hybridized carbons (Fsp3) is 0.435. The molecule has 2 aromatic heterocycles. The van der Waals surface area contributed by atoms with Gasteiger partial charge in [0.05, 0.1) is 19.0 Å². The summed E-state index contributed by atoms with van der Waals surface area (Å²) >= 11 is 0. The average Bonchev–Trinajstić information content (AvgIpc) is 3.43. The van der Waals surface area contributed by atoms with E-state index in [9.17, 15) is 39.5 Å². The molecule has 2 aromatic rings. The van der Waals surface area contributed by atoms with Crippen LogP contribution in [-0.4, -0.2) is 93.1 Å². The SMILES string of the molecule is C=C1CC=CC=C1[C@@]1(O)[C@@H]2O[C@@H](n3cnc4c(NC(=O)NCC)ncnc43)[C@@]1(O)P(=O)(O)OCC(C(=O)O)[C@H]2O. The maximum atomic E-state index is 13.8. The van der Waals surface area contributed by atoms with Gasteiger partial charge in [-0.05, 0) is 24.5 Å². The van der Waals surface area contributed by atoms with Gasteiger partial charge in [0.15, 0.2) is 28.8 Å². The van der Waals surface area contributed by atoms with Gasteiger partial charge in [-0.1, -0.05) is 24.8 Å². The number of aromatic nitrogens is 4. The van der Waals surface area contributed by atoms with Gasteiger partial charge in [0.1, 0.15) is 18.3 Å². The topological polar surface area (TPSA) is 238 Å². The van der Waals surface area contributed by atoms with Crippen LogP contribution < -0.4 is 10.6 Å². The van der Waals surface area contributed by atoms with Gasteiger partial charge in [-0.25, -0.2) is 19.7 Å². The minimum absolute atomic E-state index is 0.0107. The van der Waals surface area contributed by atoms with E-state index < -0.39 is 61.5 Å². The van der Waals surface area contributed by atoms with Crippen LogP contribution in [-0.2, 0) is 18.6 Å². The predicted octanol–water partition coefficient (Wildman–Crippen LogP) is 0.00460. The molecule has 2 unspecified atom stereocenters. The number of allylic oxidation sites excluding steroid dienone is 3. The average molecular weight is 578 g/mol. The van der Waals surface area contributed by atoms with Gasteiger partial charge in [-0.2, -0.15) is 0 Å². The highest BCUT2D eigenvalue weighted by Crippen LogP contribution is 2.71. The van der Waals surface area contributed by atoms with Crippen molar-refractivity contribution in [1.82, 2.24) is 24.8 Å². The van der Waals surface area contributed by atoms with Gasteiger partial charge >= 0.3 is 19.6 Å². The van der Waals surface area contributed by atoms with Gasteiger partial charge < -0.3 is 39.9 Å². The number of rotatable bonds is 5. The largest absolute Gasteiger partial charge is 0.481 e. The van der Waals surface area contributed by atoms with E-state index in [1.54, 1.807) is 13.0 Å². The Morgan fingerprint density at radius 1 is 1.30 bits per heavy atom. The number of aliphatic hydroxyl groups is 3. The molecule has 0 saturated carbocycles. The van der Waals surface area contributed by atoms with Crippen molar-refractivity contribution in [2.45, 2.75) is 42.7 Å². The van der Waals surface area contributed by atoms with Crippen LogP contribution in [0.3, 0.4) is 0 Å². The van der Waals surface area contributed by atoms with Crippen molar-refractivity contribution in [2.75, 3.05) is 18.5 Å². The molecule has 3 aliphatic rings. The van der Waals surface area contributed by atoms with E-state index in [0.717, 1.165) is 17.2 Å². The Hall–Kier alpha value is -3.50. The number of fused-ring (bicyclic) bond motifs is 3. The molecule has 214 valence electrons. The van der Waals surface area contributed by atoms with Crippen LogP contribution in [0.1, 0.15) is 19.6 Å². The van der Waals surface area contributed by atoms with Crippen molar-refractivity contribution in [3.05, 3.63) is 48.6 Å². The first kappa shape index (κ1) is 28.0. The molecule has 16 nitrogen and oxygen atoms in total. The summed E-state index contributed by atoms with van der Waals surface area (Å²) in [5.74, 6) is -3.45. The van der Waals surface area contributed by atoms with E-state index >= 15 is 0 Å². The molecule has 2 bridgehead atoms. The molecule has 1 aliphatic carbocycles. The number of carbonyl (C=O) groups excluding carboxylic acids is 1. The number of urea groups is 1. The number of hydrogen-bond acceptors (Lipinski definition) is 11. The lowest BCUT2D eigenvalue weighted by Gasteiger charge is -2.46. The minimum Gasteiger partial charge on any atom is -0.481 e. The van der Waals surface area contributed by atoms with E-state index in [4.69, 9.17) is 9.26 Å². The lowest BCUT2D eigenvalue weighted by atomic mass is 9.74. The Balaban J connectivity index is 1.74. The molecule has 2 amide bonds. The summed E-state index contributed by atoms with van der Waals surface area (Å²) in [5.41, 5.74) is -2.98. The molecule has 17 heteroatoms. The van der Waals surface area contributed by atoms with Gasteiger partial charge in [0, 0.05) is 6.54 Å². The van der Waals surface area contributed by atoms with E-state index in [2.05, 4.69) is 32.2 Å². The Morgan fingerprint density at radius 3 is 2.73 bits per heavy atom. The number of ether oxygens (including phenoxy) is 1. The summed E-state index contributed by atoms with van der Waals surface area (Å²) in [6, 6.07) is -0.599. The standard InChI is InChI=1S/C23H27N6O10P/c1-3-24-21(33)28-17-14-18(26-9-25-17)29(10-27-14)20-23(35)22(34,13-7-5-4-6-11(13)2)16(39-20)15(30)12(19(31)32)8-38-40(23,36)37/h4-5,7,9-10,12,15-16,20,30,34-35H,2-3,6,8H2,1H3,(H,31,32)(H,36,37)(H2,24,25,26,28,33)/t12?,15-,16-,20-,22-,23-/m1/s1. The zero-order chi connectivity index (χ0) is 29.0.